The topological polar surface area (TPSA) is 92.5 Å². The fraction of sp³-hybridized carbons (Fsp3) is 0.529. The van der Waals surface area contributed by atoms with Gasteiger partial charge in [0, 0.05) is 36.8 Å². The van der Waals surface area contributed by atoms with Crippen LogP contribution in [-0.2, 0) is 9.59 Å². The summed E-state index contributed by atoms with van der Waals surface area (Å²) in [6.45, 7) is 2.19. The molecule has 2 aliphatic rings. The van der Waals surface area contributed by atoms with Crippen molar-refractivity contribution in [1.82, 2.24) is 4.90 Å². The highest BCUT2D eigenvalue weighted by molar-refractivity contribution is 5.97. The lowest BCUT2D eigenvalue weighted by molar-refractivity contribution is -0.384. The van der Waals surface area contributed by atoms with E-state index in [1.165, 1.54) is 18.2 Å². The maximum absolute atomic E-state index is 12.5. The predicted octanol–water partition coefficient (Wildman–Crippen LogP) is 2.63. The van der Waals surface area contributed by atoms with E-state index >= 15 is 0 Å². The fourth-order valence-electron chi connectivity index (χ4n) is 3.61. The van der Waals surface area contributed by atoms with E-state index in [-0.39, 0.29) is 35.9 Å². The lowest BCUT2D eigenvalue weighted by atomic mass is 10.1. The number of non-ortho nitro benzene ring substituents is 1. The zero-order chi connectivity index (χ0) is 17.3. The first-order valence-corrected chi connectivity index (χ1v) is 8.31. The Morgan fingerprint density at radius 1 is 1.33 bits per heavy atom. The molecule has 1 saturated carbocycles. The van der Waals surface area contributed by atoms with Crippen LogP contribution < -0.4 is 5.32 Å². The summed E-state index contributed by atoms with van der Waals surface area (Å²) in [6.07, 6.45) is 4.60. The van der Waals surface area contributed by atoms with Crippen LogP contribution in [-0.4, -0.2) is 34.2 Å². The third-order valence-corrected chi connectivity index (χ3v) is 4.97. The van der Waals surface area contributed by atoms with Gasteiger partial charge in [-0.15, -0.1) is 0 Å². The summed E-state index contributed by atoms with van der Waals surface area (Å²) in [5, 5.41) is 13.6. The molecule has 3 rings (SSSR count). The molecule has 1 saturated heterocycles. The Balaban J connectivity index is 1.65. The molecule has 1 aliphatic heterocycles. The Hall–Kier alpha value is -2.44. The molecule has 0 radical (unpaired) electrons. The van der Waals surface area contributed by atoms with Gasteiger partial charge in [0.15, 0.2) is 0 Å². The van der Waals surface area contributed by atoms with Gasteiger partial charge in [0.2, 0.25) is 11.8 Å². The highest BCUT2D eigenvalue weighted by atomic mass is 16.6. The van der Waals surface area contributed by atoms with E-state index in [1.807, 2.05) is 4.90 Å². The monoisotopic (exact) mass is 331 g/mol. The second-order valence-corrected chi connectivity index (χ2v) is 6.63. The summed E-state index contributed by atoms with van der Waals surface area (Å²) in [5.41, 5.74) is 1.18. The fourth-order valence-corrected chi connectivity index (χ4v) is 3.61. The van der Waals surface area contributed by atoms with Gasteiger partial charge in [-0.1, -0.05) is 12.8 Å². The Kier molecular flexibility index (Phi) is 4.51. The Morgan fingerprint density at radius 3 is 2.67 bits per heavy atom. The Bertz CT molecular complexity index is 682. The van der Waals surface area contributed by atoms with E-state index in [4.69, 9.17) is 0 Å². The van der Waals surface area contributed by atoms with Crippen molar-refractivity contribution in [3.8, 4) is 0 Å². The van der Waals surface area contributed by atoms with Gasteiger partial charge in [-0.05, 0) is 31.4 Å². The van der Waals surface area contributed by atoms with E-state index in [9.17, 15) is 19.7 Å². The van der Waals surface area contributed by atoms with Crippen LogP contribution in [0.5, 0.6) is 0 Å². The van der Waals surface area contributed by atoms with Crippen LogP contribution in [0, 0.1) is 23.0 Å². The first-order valence-electron chi connectivity index (χ1n) is 8.31. The summed E-state index contributed by atoms with van der Waals surface area (Å²) in [6, 6.07) is 4.63. The summed E-state index contributed by atoms with van der Waals surface area (Å²) in [5.74, 6) is -0.490. The van der Waals surface area contributed by atoms with Crippen molar-refractivity contribution in [3.05, 3.63) is 33.9 Å². The third kappa shape index (κ3) is 3.25. The van der Waals surface area contributed by atoms with E-state index in [2.05, 4.69) is 5.32 Å². The molecule has 24 heavy (non-hydrogen) atoms. The second-order valence-electron chi connectivity index (χ2n) is 6.63. The number of hydrogen-bond donors (Lipinski definition) is 1. The van der Waals surface area contributed by atoms with Crippen molar-refractivity contribution in [3.63, 3.8) is 0 Å². The predicted molar refractivity (Wildman–Crippen MR) is 88.5 cm³/mol. The van der Waals surface area contributed by atoms with E-state index in [1.54, 1.807) is 6.92 Å². The molecule has 1 aromatic rings. The van der Waals surface area contributed by atoms with E-state index in [0.717, 1.165) is 25.7 Å². The van der Waals surface area contributed by atoms with Gasteiger partial charge in [0.05, 0.1) is 10.8 Å². The molecular weight excluding hydrogens is 310 g/mol. The molecule has 1 aliphatic carbocycles. The number of carbonyl (C=O) groups excluding carboxylic acids is 2. The van der Waals surface area contributed by atoms with Gasteiger partial charge in [-0.25, -0.2) is 0 Å². The molecule has 2 fully saturated rings. The van der Waals surface area contributed by atoms with Crippen LogP contribution in [0.2, 0.25) is 0 Å². The second kappa shape index (κ2) is 6.59. The number of carbonyl (C=O) groups is 2. The van der Waals surface area contributed by atoms with E-state index < -0.39 is 4.92 Å². The average Bonchev–Trinajstić information content (AvgIpc) is 3.18. The Labute approximate surface area is 140 Å². The third-order valence-electron chi connectivity index (χ3n) is 4.97. The van der Waals surface area contributed by atoms with Crippen LogP contribution in [0.15, 0.2) is 18.2 Å². The largest absolute Gasteiger partial charge is 0.339 e. The molecule has 7 heteroatoms. The van der Waals surface area contributed by atoms with Gasteiger partial charge in [0.25, 0.3) is 5.69 Å². The zero-order valence-corrected chi connectivity index (χ0v) is 13.7. The van der Waals surface area contributed by atoms with Crippen molar-refractivity contribution in [1.29, 1.82) is 0 Å². The van der Waals surface area contributed by atoms with Crippen molar-refractivity contribution in [2.24, 2.45) is 5.92 Å². The number of nitro groups is 1. The number of nitro benzene ring substituents is 1. The van der Waals surface area contributed by atoms with Gasteiger partial charge in [-0.2, -0.15) is 0 Å². The quantitative estimate of drug-likeness (QED) is 0.678. The zero-order valence-electron chi connectivity index (χ0n) is 13.7. The molecule has 0 bridgehead atoms. The number of nitrogens with one attached hydrogen (secondary N) is 1. The van der Waals surface area contributed by atoms with Crippen molar-refractivity contribution >= 4 is 23.2 Å². The molecule has 1 atom stereocenters. The summed E-state index contributed by atoms with van der Waals surface area (Å²) >= 11 is 0. The number of aryl methyl sites for hydroxylation is 1. The molecule has 0 aromatic heterocycles. The number of hydrogen-bond acceptors (Lipinski definition) is 4. The number of likely N-dealkylation sites (tertiary alicyclic amines) is 1. The molecule has 1 unspecified atom stereocenters. The van der Waals surface area contributed by atoms with Crippen molar-refractivity contribution in [2.75, 3.05) is 11.9 Å². The standard InChI is InChI=1S/C17H21N3O4/c1-11-8-14(20(23)24)6-7-15(11)18-17(22)12-9-16(21)19(10-12)13-4-2-3-5-13/h6-8,12-13H,2-5,9-10H2,1H3,(H,18,22). The lowest BCUT2D eigenvalue weighted by Gasteiger charge is -2.23. The SMILES string of the molecule is Cc1cc([N+](=O)[O-])ccc1NC(=O)C1CC(=O)N(C2CCCC2)C1. The summed E-state index contributed by atoms with van der Waals surface area (Å²) < 4.78 is 0. The number of rotatable bonds is 4. The number of amides is 2. The van der Waals surface area contributed by atoms with Gasteiger partial charge < -0.3 is 10.2 Å². The minimum atomic E-state index is -0.465. The first kappa shape index (κ1) is 16.4. The summed E-state index contributed by atoms with van der Waals surface area (Å²) in [7, 11) is 0. The molecular formula is C17H21N3O4. The van der Waals surface area contributed by atoms with Crippen LogP contribution in [0.1, 0.15) is 37.7 Å². The van der Waals surface area contributed by atoms with Crippen molar-refractivity contribution in [2.45, 2.75) is 45.1 Å². The molecule has 2 amide bonds. The molecule has 1 heterocycles. The Morgan fingerprint density at radius 2 is 2.04 bits per heavy atom. The molecule has 7 nitrogen and oxygen atoms in total. The normalized spacial score (nSPS) is 21.3. The van der Waals surface area contributed by atoms with E-state index in [0.29, 0.717) is 17.8 Å². The molecule has 1 N–H and O–H groups in total. The van der Waals surface area contributed by atoms with Gasteiger partial charge >= 0.3 is 0 Å². The number of nitrogens with zero attached hydrogens (tertiary/aromatic N) is 2. The van der Waals surface area contributed by atoms with Crippen LogP contribution in [0.25, 0.3) is 0 Å². The number of anilines is 1. The van der Waals surface area contributed by atoms with Crippen LogP contribution in [0.4, 0.5) is 11.4 Å². The maximum atomic E-state index is 12.5. The molecule has 128 valence electrons. The smallest absolute Gasteiger partial charge is 0.269 e. The minimum absolute atomic E-state index is 0.00560. The average molecular weight is 331 g/mol. The van der Waals surface area contributed by atoms with Crippen LogP contribution >= 0.6 is 0 Å². The van der Waals surface area contributed by atoms with Crippen LogP contribution in [0.3, 0.4) is 0 Å². The van der Waals surface area contributed by atoms with Gasteiger partial charge in [0.1, 0.15) is 0 Å². The molecule has 1 aromatic carbocycles. The summed E-state index contributed by atoms with van der Waals surface area (Å²) in [4.78, 5) is 36.8. The first-order chi connectivity index (χ1) is 11.5. The molecule has 0 spiro atoms. The highest BCUT2D eigenvalue weighted by Gasteiger charge is 2.38. The number of benzene rings is 1. The van der Waals surface area contributed by atoms with Gasteiger partial charge in [-0.3, -0.25) is 19.7 Å². The van der Waals surface area contributed by atoms with Crippen molar-refractivity contribution < 1.29 is 14.5 Å². The minimum Gasteiger partial charge on any atom is -0.339 e. The highest BCUT2D eigenvalue weighted by Crippen LogP contribution is 2.30. The maximum Gasteiger partial charge on any atom is 0.269 e. The lowest BCUT2D eigenvalue weighted by Crippen LogP contribution is -2.35.